The summed E-state index contributed by atoms with van der Waals surface area (Å²) in [6.45, 7) is 1.81. The molecule has 0 saturated carbocycles. The molecule has 2 aliphatic rings. The summed E-state index contributed by atoms with van der Waals surface area (Å²) in [4.78, 5) is 14.6. The molecule has 0 spiro atoms. The minimum Gasteiger partial charge on any atom is -0.334 e. The summed E-state index contributed by atoms with van der Waals surface area (Å²) in [6, 6.07) is 8.06. The van der Waals surface area contributed by atoms with E-state index in [0.29, 0.717) is 0 Å². The number of hydrogen-bond acceptors (Lipinski definition) is 2. The van der Waals surface area contributed by atoms with E-state index in [0.717, 1.165) is 49.4 Å². The lowest BCUT2D eigenvalue weighted by Crippen LogP contribution is -2.43. The molecular formula is C15H19ClN2O. The van der Waals surface area contributed by atoms with Crippen molar-refractivity contribution in [2.75, 3.05) is 13.1 Å². The molecule has 4 heteroatoms. The van der Waals surface area contributed by atoms with E-state index in [-0.39, 0.29) is 18.0 Å². The molecule has 2 saturated heterocycles. The van der Waals surface area contributed by atoms with Crippen LogP contribution >= 0.6 is 11.6 Å². The van der Waals surface area contributed by atoms with Gasteiger partial charge in [0.1, 0.15) is 0 Å². The minimum absolute atomic E-state index is 0.0167. The van der Waals surface area contributed by atoms with Crippen LogP contribution in [0.1, 0.15) is 37.3 Å². The van der Waals surface area contributed by atoms with Gasteiger partial charge in [0, 0.05) is 11.6 Å². The summed E-state index contributed by atoms with van der Waals surface area (Å²) in [5, 5.41) is 4.07. The molecule has 2 atom stereocenters. The third kappa shape index (κ3) is 2.49. The van der Waals surface area contributed by atoms with Crippen LogP contribution in [0.3, 0.4) is 0 Å². The second-order valence-corrected chi connectivity index (χ2v) is 5.77. The van der Waals surface area contributed by atoms with Gasteiger partial charge in [-0.2, -0.15) is 0 Å². The maximum Gasteiger partial charge on any atom is 0.240 e. The van der Waals surface area contributed by atoms with Crippen LogP contribution in [0, 0.1) is 0 Å². The van der Waals surface area contributed by atoms with Gasteiger partial charge in [-0.1, -0.05) is 29.8 Å². The average molecular weight is 279 g/mol. The highest BCUT2D eigenvalue weighted by molar-refractivity contribution is 6.31. The van der Waals surface area contributed by atoms with Gasteiger partial charge in [0.05, 0.1) is 12.1 Å². The molecule has 3 rings (SSSR count). The second-order valence-electron chi connectivity index (χ2n) is 5.36. The molecule has 3 nitrogen and oxygen atoms in total. The van der Waals surface area contributed by atoms with Crippen molar-refractivity contribution in [1.82, 2.24) is 10.2 Å². The van der Waals surface area contributed by atoms with Crippen LogP contribution in [-0.4, -0.2) is 29.9 Å². The predicted octanol–water partition coefficient (Wildman–Crippen LogP) is 2.76. The number of rotatable bonds is 2. The van der Waals surface area contributed by atoms with Crippen molar-refractivity contribution in [1.29, 1.82) is 0 Å². The zero-order valence-electron chi connectivity index (χ0n) is 10.9. The quantitative estimate of drug-likeness (QED) is 0.902. The molecule has 1 unspecified atom stereocenters. The van der Waals surface area contributed by atoms with Crippen LogP contribution < -0.4 is 5.32 Å². The SMILES string of the molecule is O=C([C@H]1CCCN1)N1CCCC1c1ccccc1Cl. The van der Waals surface area contributed by atoms with E-state index in [1.807, 2.05) is 29.2 Å². The Bertz CT molecular complexity index is 471. The number of amides is 1. The number of benzene rings is 1. The summed E-state index contributed by atoms with van der Waals surface area (Å²) in [5.74, 6) is 0.250. The van der Waals surface area contributed by atoms with Gasteiger partial charge in [0.15, 0.2) is 0 Å². The molecule has 2 fully saturated rings. The number of nitrogens with zero attached hydrogens (tertiary/aromatic N) is 1. The lowest BCUT2D eigenvalue weighted by atomic mass is 10.0. The molecule has 102 valence electrons. The van der Waals surface area contributed by atoms with Gasteiger partial charge in [0.25, 0.3) is 0 Å². The summed E-state index contributed by atoms with van der Waals surface area (Å²) < 4.78 is 0. The molecule has 1 N–H and O–H groups in total. The predicted molar refractivity (Wildman–Crippen MR) is 76.2 cm³/mol. The van der Waals surface area contributed by atoms with Crippen molar-refractivity contribution in [3.05, 3.63) is 34.9 Å². The lowest BCUT2D eigenvalue weighted by molar-refractivity contribution is -0.134. The molecule has 1 aromatic rings. The number of carbonyl (C=O) groups excluding carboxylic acids is 1. The Morgan fingerprint density at radius 1 is 1.26 bits per heavy atom. The summed E-state index contributed by atoms with van der Waals surface area (Å²) >= 11 is 6.28. The van der Waals surface area contributed by atoms with E-state index >= 15 is 0 Å². The maximum atomic E-state index is 12.6. The highest BCUT2D eigenvalue weighted by Crippen LogP contribution is 2.36. The molecule has 2 aliphatic heterocycles. The first kappa shape index (κ1) is 12.9. The molecule has 2 heterocycles. The Labute approximate surface area is 118 Å². The second kappa shape index (κ2) is 5.51. The third-order valence-corrected chi connectivity index (χ3v) is 4.50. The van der Waals surface area contributed by atoms with Crippen molar-refractivity contribution in [3.63, 3.8) is 0 Å². The molecule has 1 aromatic carbocycles. The first-order valence-electron chi connectivity index (χ1n) is 7.05. The number of halogens is 1. The molecular weight excluding hydrogens is 260 g/mol. The first-order valence-corrected chi connectivity index (χ1v) is 7.43. The summed E-state index contributed by atoms with van der Waals surface area (Å²) in [6.07, 6.45) is 4.14. The van der Waals surface area contributed by atoms with Crippen LogP contribution in [-0.2, 0) is 4.79 Å². The van der Waals surface area contributed by atoms with Gasteiger partial charge in [0.2, 0.25) is 5.91 Å². The average Bonchev–Trinajstić information content (AvgIpc) is 3.10. The van der Waals surface area contributed by atoms with E-state index in [1.165, 1.54) is 0 Å². The molecule has 0 radical (unpaired) electrons. The van der Waals surface area contributed by atoms with Crippen molar-refractivity contribution in [2.45, 2.75) is 37.8 Å². The topological polar surface area (TPSA) is 32.3 Å². The summed E-state index contributed by atoms with van der Waals surface area (Å²) in [5.41, 5.74) is 1.09. The third-order valence-electron chi connectivity index (χ3n) is 4.16. The Kier molecular flexibility index (Phi) is 3.76. The zero-order chi connectivity index (χ0) is 13.2. The van der Waals surface area contributed by atoms with Crippen LogP contribution in [0.2, 0.25) is 5.02 Å². The van der Waals surface area contributed by atoms with Crippen LogP contribution in [0.25, 0.3) is 0 Å². The zero-order valence-corrected chi connectivity index (χ0v) is 11.7. The van der Waals surface area contributed by atoms with Crippen LogP contribution in [0.15, 0.2) is 24.3 Å². The number of carbonyl (C=O) groups is 1. The van der Waals surface area contributed by atoms with E-state index in [9.17, 15) is 4.79 Å². The fraction of sp³-hybridized carbons (Fsp3) is 0.533. The standard InChI is InChI=1S/C15H19ClN2O/c16-12-6-2-1-5-11(12)14-8-4-10-18(14)15(19)13-7-3-9-17-13/h1-2,5-6,13-14,17H,3-4,7-10H2/t13-,14?/m1/s1. The van der Waals surface area contributed by atoms with Gasteiger partial charge in [-0.05, 0) is 43.9 Å². The normalized spacial score (nSPS) is 26.9. The number of nitrogens with one attached hydrogen (secondary N) is 1. The van der Waals surface area contributed by atoms with Gasteiger partial charge < -0.3 is 10.2 Å². The highest BCUT2D eigenvalue weighted by atomic mass is 35.5. The largest absolute Gasteiger partial charge is 0.334 e. The number of likely N-dealkylation sites (tertiary alicyclic amines) is 1. The van der Waals surface area contributed by atoms with Gasteiger partial charge in [-0.3, -0.25) is 4.79 Å². The van der Waals surface area contributed by atoms with Crippen molar-refractivity contribution in [2.24, 2.45) is 0 Å². The Balaban J connectivity index is 1.81. The maximum absolute atomic E-state index is 12.6. The fourth-order valence-corrected chi connectivity index (χ4v) is 3.46. The molecule has 0 bridgehead atoms. The summed E-state index contributed by atoms with van der Waals surface area (Å²) in [7, 11) is 0. The Morgan fingerprint density at radius 3 is 2.84 bits per heavy atom. The van der Waals surface area contributed by atoms with Gasteiger partial charge in [-0.25, -0.2) is 0 Å². The van der Waals surface area contributed by atoms with Gasteiger partial charge >= 0.3 is 0 Å². The molecule has 1 amide bonds. The monoisotopic (exact) mass is 278 g/mol. The van der Waals surface area contributed by atoms with E-state index in [2.05, 4.69) is 5.32 Å². The van der Waals surface area contributed by atoms with Crippen LogP contribution in [0.5, 0.6) is 0 Å². The van der Waals surface area contributed by atoms with Crippen molar-refractivity contribution >= 4 is 17.5 Å². The van der Waals surface area contributed by atoms with Crippen molar-refractivity contribution in [3.8, 4) is 0 Å². The van der Waals surface area contributed by atoms with Crippen LogP contribution in [0.4, 0.5) is 0 Å². The van der Waals surface area contributed by atoms with Gasteiger partial charge in [-0.15, -0.1) is 0 Å². The first-order chi connectivity index (χ1) is 9.27. The lowest BCUT2D eigenvalue weighted by Gasteiger charge is -2.28. The van der Waals surface area contributed by atoms with Crippen molar-refractivity contribution < 1.29 is 4.79 Å². The fourth-order valence-electron chi connectivity index (χ4n) is 3.19. The molecule has 0 aromatic heterocycles. The van der Waals surface area contributed by atoms with E-state index < -0.39 is 0 Å². The Morgan fingerprint density at radius 2 is 2.11 bits per heavy atom. The highest BCUT2D eigenvalue weighted by Gasteiger charge is 2.35. The smallest absolute Gasteiger partial charge is 0.240 e. The molecule has 0 aliphatic carbocycles. The number of hydrogen-bond donors (Lipinski definition) is 1. The minimum atomic E-state index is 0.0167. The van der Waals surface area contributed by atoms with E-state index in [4.69, 9.17) is 11.6 Å². The van der Waals surface area contributed by atoms with E-state index in [1.54, 1.807) is 0 Å². The molecule has 19 heavy (non-hydrogen) atoms. The Hall–Kier alpha value is -1.06.